The highest BCUT2D eigenvalue weighted by atomic mass is 16.4. The molecule has 0 spiro atoms. The van der Waals surface area contributed by atoms with Crippen LogP contribution in [0.5, 0.6) is 0 Å². The maximum absolute atomic E-state index is 12.6. The third-order valence-electron chi connectivity index (χ3n) is 6.80. The van der Waals surface area contributed by atoms with Gasteiger partial charge in [-0.25, -0.2) is 0 Å². The molecule has 0 amide bonds. The second-order valence-corrected chi connectivity index (χ2v) is 7.79. The quantitative estimate of drug-likeness (QED) is 0.687. The van der Waals surface area contributed by atoms with Crippen LogP contribution in [0.15, 0.2) is 0 Å². The van der Waals surface area contributed by atoms with Gasteiger partial charge in [0.25, 0.3) is 0 Å². The first-order valence-corrected chi connectivity index (χ1v) is 10.1. The molecular weight excluding hydrogens is 286 g/mol. The number of carboxylic acid groups (broad SMARTS) is 1. The van der Waals surface area contributed by atoms with Crippen LogP contribution in [-0.4, -0.2) is 35.6 Å². The summed E-state index contributed by atoms with van der Waals surface area (Å²) in [6.07, 6.45) is 13.0. The highest BCUT2D eigenvalue weighted by Crippen LogP contribution is 2.51. The molecule has 2 fully saturated rings. The van der Waals surface area contributed by atoms with Crippen molar-refractivity contribution in [1.29, 1.82) is 0 Å². The summed E-state index contributed by atoms with van der Waals surface area (Å²) in [5, 5.41) is 10.4. The van der Waals surface area contributed by atoms with Gasteiger partial charge in [-0.3, -0.25) is 4.79 Å². The van der Waals surface area contributed by atoms with E-state index in [2.05, 4.69) is 18.7 Å². The zero-order valence-corrected chi connectivity index (χ0v) is 15.4. The normalized spacial score (nSPS) is 21.7. The number of carboxylic acids is 1. The standard InChI is InChI=1S/C20H37NO2/c1-3-21(4-2)16-15-20(19(22)23,17-11-7-5-8-12-17)18-13-9-6-10-14-18/h17-18H,3-16H2,1-2H3,(H,22,23). The van der Waals surface area contributed by atoms with E-state index < -0.39 is 11.4 Å². The van der Waals surface area contributed by atoms with E-state index in [4.69, 9.17) is 0 Å². The van der Waals surface area contributed by atoms with Gasteiger partial charge in [-0.2, -0.15) is 0 Å². The minimum absolute atomic E-state index is 0.410. The second-order valence-electron chi connectivity index (χ2n) is 7.79. The van der Waals surface area contributed by atoms with Crippen molar-refractivity contribution >= 4 is 5.97 Å². The maximum atomic E-state index is 12.6. The Balaban J connectivity index is 2.23. The Morgan fingerprint density at radius 3 is 1.70 bits per heavy atom. The van der Waals surface area contributed by atoms with Crippen LogP contribution in [0.3, 0.4) is 0 Å². The van der Waals surface area contributed by atoms with Gasteiger partial charge >= 0.3 is 5.97 Å². The molecule has 0 aromatic carbocycles. The van der Waals surface area contributed by atoms with Gasteiger partial charge in [0.05, 0.1) is 5.41 Å². The topological polar surface area (TPSA) is 40.5 Å². The summed E-state index contributed by atoms with van der Waals surface area (Å²) in [6, 6.07) is 0. The molecule has 0 aromatic heterocycles. The van der Waals surface area contributed by atoms with Crippen LogP contribution in [0.2, 0.25) is 0 Å². The summed E-state index contributed by atoms with van der Waals surface area (Å²) in [5.74, 6) is 0.336. The smallest absolute Gasteiger partial charge is 0.310 e. The molecule has 0 aromatic rings. The molecule has 0 unspecified atom stereocenters. The summed E-state index contributed by atoms with van der Waals surface area (Å²) < 4.78 is 0. The predicted molar refractivity (Wildman–Crippen MR) is 95.6 cm³/mol. The Bertz CT molecular complexity index is 335. The fourth-order valence-corrected chi connectivity index (χ4v) is 5.32. The van der Waals surface area contributed by atoms with Crippen molar-refractivity contribution in [2.75, 3.05) is 19.6 Å². The summed E-state index contributed by atoms with van der Waals surface area (Å²) in [6.45, 7) is 7.38. The molecule has 0 atom stereocenters. The van der Waals surface area contributed by atoms with E-state index in [9.17, 15) is 9.90 Å². The molecule has 2 rings (SSSR count). The first-order chi connectivity index (χ1) is 11.1. The molecule has 3 heteroatoms. The first kappa shape index (κ1) is 18.8. The van der Waals surface area contributed by atoms with Crippen LogP contribution < -0.4 is 0 Å². The molecule has 134 valence electrons. The first-order valence-electron chi connectivity index (χ1n) is 10.1. The van der Waals surface area contributed by atoms with E-state index in [1.165, 1.54) is 38.5 Å². The van der Waals surface area contributed by atoms with Gasteiger partial charge in [0, 0.05) is 0 Å². The largest absolute Gasteiger partial charge is 0.481 e. The predicted octanol–water partition coefficient (Wildman–Crippen LogP) is 4.95. The van der Waals surface area contributed by atoms with E-state index in [1.54, 1.807) is 0 Å². The minimum Gasteiger partial charge on any atom is -0.481 e. The lowest BCUT2D eigenvalue weighted by molar-refractivity contribution is -0.161. The van der Waals surface area contributed by atoms with Crippen molar-refractivity contribution < 1.29 is 9.90 Å². The van der Waals surface area contributed by atoms with Gasteiger partial charge in [-0.1, -0.05) is 52.4 Å². The Morgan fingerprint density at radius 2 is 1.35 bits per heavy atom. The Kier molecular flexibility index (Phi) is 7.39. The van der Waals surface area contributed by atoms with Crippen LogP contribution in [0.4, 0.5) is 0 Å². The van der Waals surface area contributed by atoms with Crippen molar-refractivity contribution in [3.05, 3.63) is 0 Å². The van der Waals surface area contributed by atoms with Crippen molar-refractivity contribution in [2.24, 2.45) is 17.3 Å². The summed E-state index contributed by atoms with van der Waals surface area (Å²) >= 11 is 0. The molecule has 3 nitrogen and oxygen atoms in total. The second kappa shape index (κ2) is 9.05. The Labute approximate surface area is 142 Å². The molecule has 23 heavy (non-hydrogen) atoms. The Hall–Kier alpha value is -0.570. The van der Waals surface area contributed by atoms with Gasteiger partial charge in [-0.05, 0) is 63.6 Å². The molecule has 1 N–H and O–H groups in total. The fourth-order valence-electron chi connectivity index (χ4n) is 5.32. The van der Waals surface area contributed by atoms with Gasteiger partial charge in [0.1, 0.15) is 0 Å². The Morgan fingerprint density at radius 1 is 0.913 bits per heavy atom. The molecule has 2 saturated carbocycles. The molecule has 0 bridgehead atoms. The van der Waals surface area contributed by atoms with Crippen LogP contribution in [0.25, 0.3) is 0 Å². The monoisotopic (exact) mass is 323 g/mol. The zero-order valence-electron chi connectivity index (χ0n) is 15.4. The molecule has 0 saturated heterocycles. The zero-order chi connectivity index (χ0) is 16.7. The van der Waals surface area contributed by atoms with Gasteiger partial charge in [0.15, 0.2) is 0 Å². The van der Waals surface area contributed by atoms with Crippen LogP contribution in [0, 0.1) is 17.3 Å². The van der Waals surface area contributed by atoms with Crippen LogP contribution >= 0.6 is 0 Å². The van der Waals surface area contributed by atoms with Gasteiger partial charge in [0.2, 0.25) is 0 Å². The third-order valence-corrected chi connectivity index (χ3v) is 6.80. The van der Waals surface area contributed by atoms with Crippen LogP contribution in [-0.2, 0) is 4.79 Å². The van der Waals surface area contributed by atoms with Crippen molar-refractivity contribution in [3.63, 3.8) is 0 Å². The molecule has 0 aliphatic heterocycles. The van der Waals surface area contributed by atoms with E-state index in [0.717, 1.165) is 51.7 Å². The highest BCUT2D eigenvalue weighted by Gasteiger charge is 2.51. The van der Waals surface area contributed by atoms with E-state index >= 15 is 0 Å². The lowest BCUT2D eigenvalue weighted by atomic mass is 9.57. The average molecular weight is 324 g/mol. The fraction of sp³-hybridized carbons (Fsp3) is 0.950. The molecule has 2 aliphatic rings. The number of hydrogen-bond acceptors (Lipinski definition) is 2. The molecule has 0 heterocycles. The SMILES string of the molecule is CCN(CC)CCC(C(=O)O)(C1CCCCC1)C1CCCCC1. The maximum Gasteiger partial charge on any atom is 0.310 e. The van der Waals surface area contributed by atoms with Crippen molar-refractivity contribution in [1.82, 2.24) is 4.90 Å². The third kappa shape index (κ3) is 4.29. The number of aliphatic carboxylic acids is 1. The number of nitrogens with zero attached hydrogens (tertiary/aromatic N) is 1. The molecular formula is C20H37NO2. The van der Waals surface area contributed by atoms with Crippen LogP contribution in [0.1, 0.15) is 84.5 Å². The van der Waals surface area contributed by atoms with Gasteiger partial charge in [-0.15, -0.1) is 0 Å². The van der Waals surface area contributed by atoms with Gasteiger partial charge < -0.3 is 10.0 Å². The lowest BCUT2D eigenvalue weighted by Crippen LogP contribution is -2.48. The molecule has 2 aliphatic carbocycles. The van der Waals surface area contributed by atoms with Crippen molar-refractivity contribution in [2.45, 2.75) is 84.5 Å². The summed E-state index contributed by atoms with van der Waals surface area (Å²) in [5.41, 5.74) is -0.455. The molecule has 0 radical (unpaired) electrons. The lowest BCUT2D eigenvalue weighted by Gasteiger charge is -2.47. The van der Waals surface area contributed by atoms with E-state index in [-0.39, 0.29) is 0 Å². The summed E-state index contributed by atoms with van der Waals surface area (Å²) in [4.78, 5) is 15.0. The number of hydrogen-bond donors (Lipinski definition) is 1. The number of carbonyl (C=O) groups is 1. The highest BCUT2D eigenvalue weighted by molar-refractivity contribution is 5.75. The van der Waals surface area contributed by atoms with E-state index in [1.807, 2.05) is 0 Å². The van der Waals surface area contributed by atoms with Crippen molar-refractivity contribution in [3.8, 4) is 0 Å². The average Bonchev–Trinajstić information content (AvgIpc) is 2.60. The minimum atomic E-state index is -0.483. The number of rotatable bonds is 8. The summed E-state index contributed by atoms with van der Waals surface area (Å²) in [7, 11) is 0. The van der Waals surface area contributed by atoms with E-state index in [0.29, 0.717) is 11.8 Å².